The number of pyridine rings is 1. The molecule has 2 aliphatic rings. The Labute approximate surface area is 160 Å². The highest BCUT2D eigenvalue weighted by Crippen LogP contribution is 2.35. The van der Waals surface area contributed by atoms with Gasteiger partial charge in [0.15, 0.2) is 0 Å². The minimum absolute atomic E-state index is 0.175. The Morgan fingerprint density at radius 3 is 2.96 bits per heavy atom. The van der Waals surface area contributed by atoms with E-state index in [0.29, 0.717) is 24.9 Å². The lowest BCUT2D eigenvalue weighted by Gasteiger charge is -2.20. The van der Waals surface area contributed by atoms with Gasteiger partial charge < -0.3 is 14.4 Å². The first-order chi connectivity index (χ1) is 13.2. The molecule has 1 amide bonds. The molecule has 0 N–H and O–H groups in total. The predicted octanol–water partition coefficient (Wildman–Crippen LogP) is 2.88. The lowest BCUT2D eigenvalue weighted by molar-refractivity contribution is -0.130. The second-order valence-corrected chi connectivity index (χ2v) is 7.52. The van der Waals surface area contributed by atoms with Crippen molar-refractivity contribution in [1.29, 1.82) is 0 Å². The molecule has 3 heterocycles. The third-order valence-corrected chi connectivity index (χ3v) is 5.79. The second kappa shape index (κ2) is 8.09. The number of carbonyl (C=O) groups is 1. The van der Waals surface area contributed by atoms with Gasteiger partial charge in [-0.1, -0.05) is 24.3 Å². The van der Waals surface area contributed by atoms with E-state index in [0.717, 1.165) is 37.4 Å². The van der Waals surface area contributed by atoms with Crippen LogP contribution in [0.4, 0.5) is 0 Å². The molecule has 0 unspecified atom stereocenters. The molecule has 3 atom stereocenters. The fraction of sp³-hybridized carbons (Fsp3) is 0.455. The molecule has 1 aromatic heterocycles. The van der Waals surface area contributed by atoms with Crippen LogP contribution in [0.5, 0.6) is 5.75 Å². The van der Waals surface area contributed by atoms with E-state index in [-0.39, 0.29) is 12.0 Å². The quantitative estimate of drug-likeness (QED) is 0.789. The van der Waals surface area contributed by atoms with Gasteiger partial charge in [-0.05, 0) is 42.5 Å². The van der Waals surface area contributed by atoms with Crippen LogP contribution in [0.1, 0.15) is 17.5 Å². The van der Waals surface area contributed by atoms with Crippen LogP contribution < -0.4 is 4.74 Å². The van der Waals surface area contributed by atoms with Crippen LogP contribution in [0.3, 0.4) is 0 Å². The summed E-state index contributed by atoms with van der Waals surface area (Å²) in [5, 5.41) is 0. The highest BCUT2D eigenvalue weighted by molar-refractivity contribution is 5.79. The smallest absolute Gasteiger partial charge is 0.227 e. The number of aromatic nitrogens is 1. The Morgan fingerprint density at radius 2 is 2.15 bits per heavy atom. The average Bonchev–Trinajstić information content (AvgIpc) is 3.26. The zero-order valence-corrected chi connectivity index (χ0v) is 15.7. The first-order valence-corrected chi connectivity index (χ1v) is 9.67. The van der Waals surface area contributed by atoms with Crippen molar-refractivity contribution in [2.24, 2.45) is 11.8 Å². The van der Waals surface area contributed by atoms with E-state index < -0.39 is 0 Å². The molecule has 0 bridgehead atoms. The number of ether oxygens (including phenoxy) is 2. The van der Waals surface area contributed by atoms with E-state index in [1.54, 1.807) is 12.4 Å². The monoisotopic (exact) mass is 366 g/mol. The van der Waals surface area contributed by atoms with E-state index in [1.807, 2.05) is 35.2 Å². The van der Waals surface area contributed by atoms with Crippen LogP contribution in [0.2, 0.25) is 0 Å². The fourth-order valence-corrected chi connectivity index (χ4v) is 4.14. The maximum absolute atomic E-state index is 12.7. The fourth-order valence-electron chi connectivity index (χ4n) is 4.14. The van der Waals surface area contributed by atoms with Gasteiger partial charge in [0.1, 0.15) is 5.75 Å². The maximum atomic E-state index is 12.7. The van der Waals surface area contributed by atoms with Gasteiger partial charge in [0.05, 0.1) is 31.9 Å². The summed E-state index contributed by atoms with van der Waals surface area (Å²) in [6, 6.07) is 11.9. The Balaban J connectivity index is 1.29. The number of likely N-dealkylation sites (tertiary alicyclic amines) is 1. The van der Waals surface area contributed by atoms with Gasteiger partial charge in [-0.15, -0.1) is 0 Å². The number of nitrogens with zero attached hydrogens (tertiary/aromatic N) is 2. The van der Waals surface area contributed by atoms with E-state index in [1.165, 1.54) is 5.56 Å². The summed E-state index contributed by atoms with van der Waals surface area (Å²) >= 11 is 0. The van der Waals surface area contributed by atoms with Crippen molar-refractivity contribution < 1.29 is 14.3 Å². The van der Waals surface area contributed by atoms with Crippen LogP contribution in [0.15, 0.2) is 48.8 Å². The van der Waals surface area contributed by atoms with Gasteiger partial charge in [-0.25, -0.2) is 0 Å². The molecule has 142 valence electrons. The summed E-state index contributed by atoms with van der Waals surface area (Å²) in [7, 11) is 0. The average molecular weight is 366 g/mol. The molecule has 5 nitrogen and oxygen atoms in total. The highest BCUT2D eigenvalue weighted by Gasteiger charge is 2.44. The van der Waals surface area contributed by atoms with Crippen LogP contribution in [-0.4, -0.2) is 48.2 Å². The minimum atomic E-state index is 0.175. The van der Waals surface area contributed by atoms with E-state index in [9.17, 15) is 4.79 Å². The Hall–Kier alpha value is -2.40. The molecular formula is C22H26N2O3. The van der Waals surface area contributed by atoms with Crippen LogP contribution >= 0.6 is 0 Å². The number of benzene rings is 1. The van der Waals surface area contributed by atoms with Gasteiger partial charge in [-0.3, -0.25) is 9.78 Å². The van der Waals surface area contributed by atoms with Gasteiger partial charge in [-0.2, -0.15) is 0 Å². The van der Waals surface area contributed by atoms with Crippen molar-refractivity contribution in [3.63, 3.8) is 0 Å². The highest BCUT2D eigenvalue weighted by atomic mass is 16.5. The summed E-state index contributed by atoms with van der Waals surface area (Å²) < 4.78 is 11.8. The number of hydrogen-bond acceptors (Lipinski definition) is 4. The summed E-state index contributed by atoms with van der Waals surface area (Å²) in [4.78, 5) is 18.8. The number of amides is 1. The third-order valence-electron chi connectivity index (χ3n) is 5.79. The molecule has 5 heteroatoms. The predicted molar refractivity (Wildman–Crippen MR) is 103 cm³/mol. The zero-order chi connectivity index (χ0) is 18.6. The van der Waals surface area contributed by atoms with E-state index >= 15 is 0 Å². The first-order valence-electron chi connectivity index (χ1n) is 9.67. The van der Waals surface area contributed by atoms with Crippen molar-refractivity contribution in [2.75, 3.05) is 26.3 Å². The zero-order valence-electron chi connectivity index (χ0n) is 15.7. The third kappa shape index (κ3) is 4.14. The molecule has 0 spiro atoms. The van der Waals surface area contributed by atoms with Crippen molar-refractivity contribution in [3.05, 3.63) is 59.9 Å². The molecule has 2 aromatic rings. The summed E-state index contributed by atoms with van der Waals surface area (Å²) in [5.74, 6) is 1.87. The molecule has 4 rings (SSSR count). The van der Waals surface area contributed by atoms with E-state index in [2.05, 4.69) is 18.0 Å². The minimum Gasteiger partial charge on any atom is -0.492 e. The molecule has 2 aliphatic heterocycles. The van der Waals surface area contributed by atoms with Gasteiger partial charge in [0.25, 0.3) is 0 Å². The number of fused-ring (bicyclic) bond motifs is 1. The SMILES string of the molecule is Cc1ccccc1CC(=O)N1C[C@H]2[C@@H](CCOc3cccnc3)CO[C@H]2C1. The molecule has 0 aliphatic carbocycles. The normalized spacial score (nSPS) is 24.0. The molecule has 2 fully saturated rings. The molecule has 0 saturated carbocycles. The Morgan fingerprint density at radius 1 is 1.26 bits per heavy atom. The Kier molecular flexibility index (Phi) is 5.39. The Bertz CT molecular complexity index is 780. The topological polar surface area (TPSA) is 51.7 Å². The van der Waals surface area contributed by atoms with Crippen LogP contribution in [0.25, 0.3) is 0 Å². The van der Waals surface area contributed by atoms with Gasteiger partial charge >= 0.3 is 0 Å². The summed E-state index contributed by atoms with van der Waals surface area (Å²) in [6.07, 6.45) is 5.06. The molecule has 0 radical (unpaired) electrons. The summed E-state index contributed by atoms with van der Waals surface area (Å²) in [6.45, 7) is 5.00. The lowest BCUT2D eigenvalue weighted by Crippen LogP contribution is -2.32. The molecule has 27 heavy (non-hydrogen) atoms. The number of carbonyl (C=O) groups excluding carboxylic acids is 1. The van der Waals surface area contributed by atoms with Crippen molar-refractivity contribution in [3.8, 4) is 5.75 Å². The van der Waals surface area contributed by atoms with Crippen LogP contribution in [0, 0.1) is 18.8 Å². The molecular weight excluding hydrogens is 340 g/mol. The van der Waals surface area contributed by atoms with Crippen molar-refractivity contribution in [2.45, 2.75) is 25.9 Å². The van der Waals surface area contributed by atoms with Crippen molar-refractivity contribution in [1.82, 2.24) is 9.88 Å². The number of rotatable bonds is 6. The summed E-state index contributed by atoms with van der Waals surface area (Å²) in [5.41, 5.74) is 2.29. The largest absolute Gasteiger partial charge is 0.492 e. The second-order valence-electron chi connectivity index (χ2n) is 7.52. The number of aryl methyl sites for hydroxylation is 1. The van der Waals surface area contributed by atoms with Crippen molar-refractivity contribution >= 4 is 5.91 Å². The van der Waals surface area contributed by atoms with Gasteiger partial charge in [0.2, 0.25) is 5.91 Å². The van der Waals surface area contributed by atoms with E-state index in [4.69, 9.17) is 9.47 Å². The van der Waals surface area contributed by atoms with Crippen LogP contribution in [-0.2, 0) is 16.0 Å². The first kappa shape index (κ1) is 18.0. The molecule has 2 saturated heterocycles. The standard InChI is InChI=1S/C22H26N2O3/c1-16-5-2-3-6-17(16)11-22(25)24-13-20-18(15-27-21(20)14-24)8-10-26-19-7-4-9-23-12-19/h2-7,9,12,18,20-21H,8,10-11,13-15H2,1H3/t18-,20-,21-/m0/s1. The molecule has 1 aromatic carbocycles. The lowest BCUT2D eigenvalue weighted by atomic mass is 9.91. The maximum Gasteiger partial charge on any atom is 0.227 e. The number of hydrogen-bond donors (Lipinski definition) is 0. The van der Waals surface area contributed by atoms with Gasteiger partial charge in [0, 0.05) is 25.2 Å².